The number of fused-ring (bicyclic) bond motifs is 2. The number of ether oxygens (including phenoxy) is 1. The summed E-state index contributed by atoms with van der Waals surface area (Å²) in [4.78, 5) is 22.5. The van der Waals surface area contributed by atoms with Crippen LogP contribution in [0.2, 0.25) is 0 Å². The Bertz CT molecular complexity index is 280. The van der Waals surface area contributed by atoms with Gasteiger partial charge in [0.25, 0.3) is 0 Å². The first kappa shape index (κ1) is 10.4. The lowest BCUT2D eigenvalue weighted by atomic mass is 9.99. The summed E-state index contributed by atoms with van der Waals surface area (Å²) >= 11 is 0. The largest absolute Gasteiger partial charge is 0.468 e. The van der Waals surface area contributed by atoms with Crippen LogP contribution in [-0.4, -0.2) is 37.6 Å². The van der Waals surface area contributed by atoms with E-state index in [1.165, 1.54) is 13.5 Å². The topological polar surface area (TPSA) is 67.4 Å². The number of carbonyl (C=O) groups excluding carboxylic acids is 2. The Labute approximate surface area is 88.5 Å². The van der Waals surface area contributed by atoms with Gasteiger partial charge < -0.3 is 15.4 Å². The molecule has 5 heteroatoms. The molecule has 0 radical (unpaired) electrons. The number of hydrogen-bond donors (Lipinski definition) is 2. The van der Waals surface area contributed by atoms with Crippen LogP contribution < -0.4 is 10.6 Å². The predicted molar refractivity (Wildman–Crippen MR) is 53.1 cm³/mol. The van der Waals surface area contributed by atoms with Crippen LogP contribution in [0, 0.1) is 5.92 Å². The van der Waals surface area contributed by atoms with Gasteiger partial charge in [0.05, 0.1) is 13.2 Å². The van der Waals surface area contributed by atoms with Gasteiger partial charge in [0, 0.05) is 6.04 Å². The first-order chi connectivity index (χ1) is 7.20. The van der Waals surface area contributed by atoms with Crippen molar-refractivity contribution in [1.82, 2.24) is 10.6 Å². The molecule has 2 aliphatic rings. The fraction of sp³-hybridized carbons (Fsp3) is 0.800. The predicted octanol–water partition coefficient (Wildman–Crippen LogP) is -0.584. The van der Waals surface area contributed by atoms with Crippen molar-refractivity contribution in [2.75, 3.05) is 13.7 Å². The molecular formula is C10H16N2O3. The minimum absolute atomic E-state index is 0.0368. The number of esters is 1. The third-order valence-electron chi connectivity index (χ3n) is 3.28. The maximum absolute atomic E-state index is 11.7. The second-order valence-electron chi connectivity index (χ2n) is 4.21. The molecule has 3 atom stereocenters. The molecule has 0 unspecified atom stereocenters. The number of amides is 1. The monoisotopic (exact) mass is 212 g/mol. The van der Waals surface area contributed by atoms with Crippen molar-refractivity contribution in [3.05, 3.63) is 0 Å². The van der Waals surface area contributed by atoms with Crippen molar-refractivity contribution in [2.45, 2.75) is 31.3 Å². The van der Waals surface area contributed by atoms with E-state index < -0.39 is 5.97 Å². The van der Waals surface area contributed by atoms with Crippen LogP contribution in [0.15, 0.2) is 0 Å². The van der Waals surface area contributed by atoms with E-state index in [9.17, 15) is 9.59 Å². The van der Waals surface area contributed by atoms with Gasteiger partial charge >= 0.3 is 5.97 Å². The van der Waals surface area contributed by atoms with Crippen LogP contribution in [0.1, 0.15) is 19.3 Å². The quantitative estimate of drug-likeness (QED) is 0.614. The first-order valence-electron chi connectivity index (χ1n) is 5.31. The highest BCUT2D eigenvalue weighted by molar-refractivity contribution is 5.86. The molecule has 1 saturated heterocycles. The number of hydrogen-bond acceptors (Lipinski definition) is 4. The van der Waals surface area contributed by atoms with E-state index in [0.717, 1.165) is 12.8 Å². The molecule has 2 fully saturated rings. The van der Waals surface area contributed by atoms with Crippen molar-refractivity contribution in [3.8, 4) is 0 Å². The number of carbonyl (C=O) groups is 2. The summed E-state index contributed by atoms with van der Waals surface area (Å²) in [6, 6.07) is 0.400. The molecule has 0 aromatic rings. The molecule has 0 aromatic heterocycles. The fourth-order valence-corrected chi connectivity index (χ4v) is 2.49. The lowest BCUT2D eigenvalue weighted by molar-refractivity contribution is -0.141. The Morgan fingerprint density at radius 1 is 1.47 bits per heavy atom. The number of rotatable bonds is 3. The molecular weight excluding hydrogens is 196 g/mol. The van der Waals surface area contributed by atoms with Gasteiger partial charge in [-0.25, -0.2) is 0 Å². The third kappa shape index (κ3) is 2.12. The third-order valence-corrected chi connectivity index (χ3v) is 3.28. The molecule has 2 rings (SSSR count). The summed E-state index contributed by atoms with van der Waals surface area (Å²) in [7, 11) is 1.31. The zero-order valence-electron chi connectivity index (χ0n) is 8.79. The first-order valence-corrected chi connectivity index (χ1v) is 5.31. The van der Waals surface area contributed by atoms with Gasteiger partial charge in [-0.1, -0.05) is 0 Å². The minimum atomic E-state index is -0.411. The van der Waals surface area contributed by atoms with Gasteiger partial charge in [-0.05, 0) is 25.2 Å². The van der Waals surface area contributed by atoms with E-state index >= 15 is 0 Å². The summed E-state index contributed by atoms with van der Waals surface area (Å²) in [6.07, 6.45) is 3.38. The molecule has 0 spiro atoms. The standard InChI is InChI=1S/C10H16N2O3/c1-15-8(13)5-11-10(14)9-6-2-3-7(4-6)12-9/h6-7,9,12H,2-5H2,1H3,(H,11,14)/t6-,7+,9-/m0/s1. The SMILES string of the molecule is COC(=O)CNC(=O)[C@H]1N[C@@H]2CC[C@H]1C2. The maximum atomic E-state index is 11.7. The van der Waals surface area contributed by atoms with Crippen LogP contribution in [0.4, 0.5) is 0 Å². The molecule has 2 N–H and O–H groups in total. The van der Waals surface area contributed by atoms with E-state index in [4.69, 9.17) is 0 Å². The van der Waals surface area contributed by atoms with E-state index in [2.05, 4.69) is 15.4 Å². The van der Waals surface area contributed by atoms with E-state index in [0.29, 0.717) is 12.0 Å². The van der Waals surface area contributed by atoms with Gasteiger partial charge in [0.15, 0.2) is 0 Å². The second kappa shape index (κ2) is 4.18. The van der Waals surface area contributed by atoms with E-state index in [1.807, 2.05) is 0 Å². The molecule has 1 aliphatic carbocycles. The smallest absolute Gasteiger partial charge is 0.325 e. The van der Waals surface area contributed by atoms with Crippen molar-refractivity contribution in [3.63, 3.8) is 0 Å². The molecule has 0 aromatic carbocycles. The normalized spacial score (nSPS) is 32.7. The highest BCUT2D eigenvalue weighted by Gasteiger charge is 2.42. The Morgan fingerprint density at radius 2 is 2.27 bits per heavy atom. The fourth-order valence-electron chi connectivity index (χ4n) is 2.49. The number of piperidine rings is 1. The number of nitrogens with one attached hydrogen (secondary N) is 2. The summed E-state index contributed by atoms with van der Waals surface area (Å²) in [5, 5.41) is 5.85. The Hall–Kier alpha value is -1.10. The lowest BCUT2D eigenvalue weighted by Crippen LogP contribution is -2.48. The van der Waals surface area contributed by atoms with Crippen molar-refractivity contribution in [1.29, 1.82) is 0 Å². The van der Waals surface area contributed by atoms with E-state index in [1.54, 1.807) is 0 Å². The van der Waals surface area contributed by atoms with Gasteiger partial charge in [-0.2, -0.15) is 0 Å². The van der Waals surface area contributed by atoms with Gasteiger partial charge in [0.1, 0.15) is 6.54 Å². The highest BCUT2D eigenvalue weighted by Crippen LogP contribution is 2.35. The molecule has 1 saturated carbocycles. The average Bonchev–Trinajstić information content (AvgIpc) is 2.86. The molecule has 1 amide bonds. The van der Waals surface area contributed by atoms with Crippen molar-refractivity contribution >= 4 is 11.9 Å². The minimum Gasteiger partial charge on any atom is -0.468 e. The highest BCUT2D eigenvalue weighted by atomic mass is 16.5. The molecule has 5 nitrogen and oxygen atoms in total. The molecule has 15 heavy (non-hydrogen) atoms. The summed E-state index contributed by atoms with van der Waals surface area (Å²) in [6.45, 7) is -0.0368. The van der Waals surface area contributed by atoms with Crippen molar-refractivity contribution < 1.29 is 14.3 Å². The summed E-state index contributed by atoms with van der Waals surface area (Å²) < 4.78 is 4.45. The Morgan fingerprint density at radius 3 is 2.80 bits per heavy atom. The lowest BCUT2D eigenvalue weighted by Gasteiger charge is -2.21. The van der Waals surface area contributed by atoms with Crippen LogP contribution in [0.25, 0.3) is 0 Å². The zero-order valence-corrected chi connectivity index (χ0v) is 8.79. The molecule has 2 bridgehead atoms. The Balaban J connectivity index is 1.79. The van der Waals surface area contributed by atoms with Crippen LogP contribution in [0.3, 0.4) is 0 Å². The van der Waals surface area contributed by atoms with Gasteiger partial charge in [-0.15, -0.1) is 0 Å². The average molecular weight is 212 g/mol. The van der Waals surface area contributed by atoms with Gasteiger partial charge in [-0.3, -0.25) is 9.59 Å². The molecule has 1 aliphatic heterocycles. The summed E-state index contributed by atoms with van der Waals surface area (Å²) in [5.74, 6) is -0.0354. The molecule has 84 valence electrons. The number of methoxy groups -OCH3 is 1. The van der Waals surface area contributed by atoms with Crippen LogP contribution in [0.5, 0.6) is 0 Å². The maximum Gasteiger partial charge on any atom is 0.325 e. The van der Waals surface area contributed by atoms with Crippen LogP contribution >= 0.6 is 0 Å². The van der Waals surface area contributed by atoms with Gasteiger partial charge in [0.2, 0.25) is 5.91 Å². The van der Waals surface area contributed by atoms with Crippen LogP contribution in [-0.2, 0) is 14.3 Å². The summed E-state index contributed by atoms with van der Waals surface area (Å²) in [5.41, 5.74) is 0. The second-order valence-corrected chi connectivity index (χ2v) is 4.21. The zero-order chi connectivity index (χ0) is 10.8. The molecule has 1 heterocycles. The van der Waals surface area contributed by atoms with Crippen molar-refractivity contribution in [2.24, 2.45) is 5.92 Å². The van der Waals surface area contributed by atoms with E-state index in [-0.39, 0.29) is 18.5 Å². The Kier molecular flexibility index (Phi) is 2.90.